The highest BCUT2D eigenvalue weighted by molar-refractivity contribution is 7.89. The second-order valence-electron chi connectivity index (χ2n) is 4.26. The van der Waals surface area contributed by atoms with Gasteiger partial charge in [0.25, 0.3) is 0 Å². The van der Waals surface area contributed by atoms with E-state index in [9.17, 15) is 8.42 Å². The molecule has 8 nitrogen and oxygen atoms in total. The maximum atomic E-state index is 11.6. The molecule has 0 aliphatic carbocycles. The van der Waals surface area contributed by atoms with Crippen molar-refractivity contribution in [3.05, 3.63) is 11.9 Å². The van der Waals surface area contributed by atoms with Crippen LogP contribution in [0.15, 0.2) is 6.07 Å². The standard InChI is InChI=1S/C11H21N5O3S/c1-12-9-7-10(15-11(14-9)8-19-4)13-5-6-20(17,18)16(2)3/h7H,5-6,8H2,1-4H3,(H2,12,13,14,15). The molecule has 0 saturated heterocycles. The Hall–Kier alpha value is -1.45. The number of hydrogen-bond donors (Lipinski definition) is 2. The molecule has 0 atom stereocenters. The summed E-state index contributed by atoms with van der Waals surface area (Å²) in [4.78, 5) is 8.45. The Morgan fingerprint density at radius 2 is 1.95 bits per heavy atom. The molecule has 0 aliphatic heterocycles. The number of sulfonamides is 1. The third-order valence-corrected chi connectivity index (χ3v) is 4.36. The molecule has 1 aromatic rings. The van der Waals surface area contributed by atoms with Crippen LogP contribution in [0.1, 0.15) is 5.82 Å². The number of nitrogens with zero attached hydrogens (tertiary/aromatic N) is 3. The van der Waals surface area contributed by atoms with Gasteiger partial charge in [-0.3, -0.25) is 0 Å². The summed E-state index contributed by atoms with van der Waals surface area (Å²) < 4.78 is 29.5. The van der Waals surface area contributed by atoms with Crippen LogP contribution < -0.4 is 10.6 Å². The van der Waals surface area contributed by atoms with Crippen molar-refractivity contribution in [1.82, 2.24) is 14.3 Å². The molecule has 0 amide bonds. The Labute approximate surface area is 119 Å². The van der Waals surface area contributed by atoms with Crippen LogP contribution in [-0.4, -0.2) is 63.2 Å². The molecule has 20 heavy (non-hydrogen) atoms. The maximum Gasteiger partial charge on any atom is 0.215 e. The van der Waals surface area contributed by atoms with Gasteiger partial charge in [-0.25, -0.2) is 22.7 Å². The first-order chi connectivity index (χ1) is 9.39. The molecule has 0 saturated carbocycles. The summed E-state index contributed by atoms with van der Waals surface area (Å²) in [5.41, 5.74) is 0. The van der Waals surface area contributed by atoms with Gasteiger partial charge in [-0.05, 0) is 0 Å². The molecular weight excluding hydrogens is 282 g/mol. The van der Waals surface area contributed by atoms with Crippen molar-refractivity contribution in [3.8, 4) is 0 Å². The van der Waals surface area contributed by atoms with E-state index in [-0.39, 0.29) is 12.3 Å². The quantitative estimate of drug-likeness (QED) is 0.696. The van der Waals surface area contributed by atoms with Crippen molar-refractivity contribution < 1.29 is 13.2 Å². The van der Waals surface area contributed by atoms with E-state index in [4.69, 9.17) is 4.74 Å². The molecule has 2 N–H and O–H groups in total. The Morgan fingerprint density at radius 1 is 1.30 bits per heavy atom. The molecule has 0 spiro atoms. The number of anilines is 2. The Morgan fingerprint density at radius 3 is 2.50 bits per heavy atom. The van der Waals surface area contributed by atoms with E-state index in [2.05, 4.69) is 20.6 Å². The summed E-state index contributed by atoms with van der Waals surface area (Å²) in [6, 6.07) is 1.71. The molecule has 0 radical (unpaired) electrons. The van der Waals surface area contributed by atoms with Crippen LogP contribution in [0.4, 0.5) is 11.6 Å². The van der Waals surface area contributed by atoms with Gasteiger partial charge in [-0.15, -0.1) is 0 Å². The third kappa shape index (κ3) is 4.91. The summed E-state index contributed by atoms with van der Waals surface area (Å²) in [5.74, 6) is 1.73. The first-order valence-electron chi connectivity index (χ1n) is 6.07. The van der Waals surface area contributed by atoms with Gasteiger partial charge >= 0.3 is 0 Å². The number of hydrogen-bond acceptors (Lipinski definition) is 7. The zero-order valence-corrected chi connectivity index (χ0v) is 13.0. The van der Waals surface area contributed by atoms with Gasteiger partial charge in [-0.1, -0.05) is 0 Å². The average Bonchev–Trinajstić information content (AvgIpc) is 2.38. The predicted molar refractivity (Wildman–Crippen MR) is 78.3 cm³/mol. The molecular formula is C11H21N5O3S. The molecule has 0 aromatic carbocycles. The Bertz CT molecular complexity index is 533. The number of rotatable bonds is 8. The second-order valence-corrected chi connectivity index (χ2v) is 6.57. The van der Waals surface area contributed by atoms with E-state index in [0.29, 0.717) is 24.1 Å². The van der Waals surface area contributed by atoms with E-state index in [1.54, 1.807) is 20.2 Å². The minimum atomic E-state index is -3.22. The number of methoxy groups -OCH3 is 1. The SMILES string of the molecule is CNc1cc(NCCS(=O)(=O)N(C)C)nc(COC)n1. The van der Waals surface area contributed by atoms with E-state index < -0.39 is 10.0 Å². The van der Waals surface area contributed by atoms with Gasteiger partial charge in [0, 0.05) is 40.9 Å². The molecule has 0 aliphatic rings. The fourth-order valence-corrected chi connectivity index (χ4v) is 2.13. The average molecular weight is 303 g/mol. The van der Waals surface area contributed by atoms with Gasteiger partial charge in [0.15, 0.2) is 5.82 Å². The lowest BCUT2D eigenvalue weighted by atomic mass is 10.4. The largest absolute Gasteiger partial charge is 0.377 e. The molecule has 0 bridgehead atoms. The number of ether oxygens (including phenoxy) is 1. The van der Waals surface area contributed by atoms with Gasteiger partial charge in [0.1, 0.15) is 18.2 Å². The third-order valence-electron chi connectivity index (χ3n) is 2.52. The summed E-state index contributed by atoms with van der Waals surface area (Å²) >= 11 is 0. The van der Waals surface area contributed by atoms with Crippen LogP contribution in [0.3, 0.4) is 0 Å². The van der Waals surface area contributed by atoms with Gasteiger partial charge < -0.3 is 15.4 Å². The topological polar surface area (TPSA) is 96.5 Å². The first kappa shape index (κ1) is 16.6. The van der Waals surface area contributed by atoms with E-state index in [1.165, 1.54) is 18.4 Å². The van der Waals surface area contributed by atoms with Crippen LogP contribution in [-0.2, 0) is 21.4 Å². The Kier molecular flexibility index (Phi) is 6.11. The zero-order chi connectivity index (χ0) is 15.2. The summed E-state index contributed by atoms with van der Waals surface area (Å²) in [7, 11) is 3.11. The van der Waals surface area contributed by atoms with Crippen LogP contribution >= 0.6 is 0 Å². The van der Waals surface area contributed by atoms with E-state index >= 15 is 0 Å². The second kappa shape index (κ2) is 7.36. The minimum absolute atomic E-state index is 0.00149. The lowest BCUT2D eigenvalue weighted by Gasteiger charge is -2.12. The summed E-state index contributed by atoms with van der Waals surface area (Å²) in [5, 5.41) is 5.89. The van der Waals surface area contributed by atoms with Gasteiger partial charge in [0.05, 0.1) is 5.75 Å². The lowest BCUT2D eigenvalue weighted by Crippen LogP contribution is -2.28. The molecule has 1 aromatic heterocycles. The monoisotopic (exact) mass is 303 g/mol. The van der Waals surface area contributed by atoms with Crippen molar-refractivity contribution in [3.63, 3.8) is 0 Å². The zero-order valence-electron chi connectivity index (χ0n) is 12.2. The van der Waals surface area contributed by atoms with Crippen LogP contribution in [0.5, 0.6) is 0 Å². The smallest absolute Gasteiger partial charge is 0.215 e. The minimum Gasteiger partial charge on any atom is -0.377 e. The van der Waals surface area contributed by atoms with Gasteiger partial charge in [-0.2, -0.15) is 0 Å². The number of aromatic nitrogens is 2. The maximum absolute atomic E-state index is 11.6. The number of nitrogens with one attached hydrogen (secondary N) is 2. The predicted octanol–water partition coefficient (Wildman–Crippen LogP) is -0.0320. The highest BCUT2D eigenvalue weighted by Crippen LogP contribution is 2.11. The Balaban J connectivity index is 2.70. The van der Waals surface area contributed by atoms with Crippen molar-refractivity contribution in [1.29, 1.82) is 0 Å². The lowest BCUT2D eigenvalue weighted by molar-refractivity contribution is 0.178. The molecule has 0 fully saturated rings. The van der Waals surface area contributed by atoms with E-state index in [0.717, 1.165) is 0 Å². The van der Waals surface area contributed by atoms with Crippen LogP contribution in [0, 0.1) is 0 Å². The van der Waals surface area contributed by atoms with Crippen LogP contribution in [0.25, 0.3) is 0 Å². The highest BCUT2D eigenvalue weighted by Gasteiger charge is 2.13. The van der Waals surface area contributed by atoms with Gasteiger partial charge in [0.2, 0.25) is 10.0 Å². The molecule has 0 unspecified atom stereocenters. The summed E-state index contributed by atoms with van der Waals surface area (Å²) in [6.07, 6.45) is 0. The normalized spacial score (nSPS) is 11.7. The van der Waals surface area contributed by atoms with E-state index in [1.807, 2.05) is 0 Å². The molecule has 114 valence electrons. The van der Waals surface area contributed by atoms with Crippen molar-refractivity contribution >= 4 is 21.7 Å². The highest BCUT2D eigenvalue weighted by atomic mass is 32.2. The first-order valence-corrected chi connectivity index (χ1v) is 7.68. The molecule has 9 heteroatoms. The van der Waals surface area contributed by atoms with Crippen molar-refractivity contribution in [2.24, 2.45) is 0 Å². The fraction of sp³-hybridized carbons (Fsp3) is 0.636. The van der Waals surface area contributed by atoms with Crippen LogP contribution in [0.2, 0.25) is 0 Å². The molecule has 1 rings (SSSR count). The van der Waals surface area contributed by atoms with Crippen molar-refractivity contribution in [2.75, 3.05) is 51.2 Å². The fourth-order valence-electron chi connectivity index (χ4n) is 1.40. The molecule has 1 heterocycles. The van der Waals surface area contributed by atoms with Crippen molar-refractivity contribution in [2.45, 2.75) is 6.61 Å². The summed E-state index contributed by atoms with van der Waals surface area (Å²) in [6.45, 7) is 0.563.